The number of aliphatic carboxylic acids is 1. The number of nitrogens with zero attached hydrogens (tertiary/aromatic N) is 1. The third kappa shape index (κ3) is 32.7. The molecule has 2 unspecified atom stereocenters. The number of unbranched alkanes of at least 4 members (excludes halogenated alkanes) is 13. The summed E-state index contributed by atoms with van der Waals surface area (Å²) in [6.45, 7) is 4.51. The maximum Gasteiger partial charge on any atom is 0.362 e. The van der Waals surface area contributed by atoms with E-state index in [1.54, 1.807) is 0 Å². The molecule has 52 heavy (non-hydrogen) atoms. The minimum Gasteiger partial charge on any atom is -0.477 e. The molecule has 0 bridgehead atoms. The molecule has 0 rings (SSSR count). The molecule has 0 heterocycles. The van der Waals surface area contributed by atoms with Gasteiger partial charge in [0.05, 0.1) is 34.4 Å². The van der Waals surface area contributed by atoms with Crippen LogP contribution in [0.25, 0.3) is 0 Å². The van der Waals surface area contributed by atoms with E-state index >= 15 is 0 Å². The Morgan fingerprint density at radius 2 is 1.08 bits per heavy atom. The molecule has 0 aliphatic carbocycles. The molecule has 1 N–H and O–H groups in total. The van der Waals surface area contributed by atoms with E-state index in [1.165, 1.54) is 51.4 Å². The Morgan fingerprint density at radius 3 is 1.60 bits per heavy atom. The van der Waals surface area contributed by atoms with E-state index in [4.69, 9.17) is 14.2 Å². The number of quaternary nitrogens is 1. The summed E-state index contributed by atoms with van der Waals surface area (Å²) in [4.78, 5) is 36.8. The molecule has 0 aromatic carbocycles. The largest absolute Gasteiger partial charge is 0.477 e. The van der Waals surface area contributed by atoms with Gasteiger partial charge in [-0.05, 0) is 32.1 Å². The SMILES string of the molecule is CC/C=C/C=C/C=C/C=C/C=C/C=C/CCCCCC(=O)OC(COCCC(C(=O)O)[N+](C)(C)C)COC(=O)CCCCCCCCCCCCC. The van der Waals surface area contributed by atoms with E-state index in [9.17, 15) is 19.5 Å². The lowest BCUT2D eigenvalue weighted by Gasteiger charge is -2.31. The highest BCUT2D eigenvalue weighted by Gasteiger charge is 2.31. The van der Waals surface area contributed by atoms with Gasteiger partial charge in [0.2, 0.25) is 0 Å². The summed E-state index contributed by atoms with van der Waals surface area (Å²) in [5.41, 5.74) is 0. The van der Waals surface area contributed by atoms with Crippen molar-refractivity contribution in [3.05, 3.63) is 72.9 Å². The number of hydrogen-bond donors (Lipinski definition) is 1. The minimum atomic E-state index is -0.886. The summed E-state index contributed by atoms with van der Waals surface area (Å²) in [5.74, 6) is -1.54. The average Bonchev–Trinajstić information content (AvgIpc) is 3.09. The summed E-state index contributed by atoms with van der Waals surface area (Å²) < 4.78 is 17.2. The van der Waals surface area contributed by atoms with E-state index < -0.39 is 18.1 Å². The normalized spacial score (nSPS) is 13.8. The van der Waals surface area contributed by atoms with Crippen molar-refractivity contribution in [2.75, 3.05) is 41.0 Å². The minimum absolute atomic E-state index is 0.0401. The first-order chi connectivity index (χ1) is 25.1. The van der Waals surface area contributed by atoms with E-state index in [-0.39, 0.29) is 42.7 Å². The second kappa shape index (κ2) is 34.8. The highest BCUT2D eigenvalue weighted by Crippen LogP contribution is 2.13. The van der Waals surface area contributed by atoms with Crippen LogP contribution in [0.2, 0.25) is 0 Å². The van der Waals surface area contributed by atoms with Gasteiger partial charge < -0.3 is 23.8 Å². The molecule has 296 valence electrons. The molecule has 0 aliphatic heterocycles. The van der Waals surface area contributed by atoms with Crippen molar-refractivity contribution in [2.45, 2.75) is 148 Å². The molecule has 0 aromatic heterocycles. The Balaban J connectivity index is 4.52. The van der Waals surface area contributed by atoms with Crippen LogP contribution in [-0.4, -0.2) is 80.6 Å². The van der Waals surface area contributed by atoms with Crippen LogP contribution in [0.15, 0.2) is 72.9 Å². The molecular formula is C44H74NO7+. The fraction of sp³-hybridized carbons (Fsp3) is 0.659. The molecule has 0 aromatic rings. The average molecular weight is 729 g/mol. The van der Waals surface area contributed by atoms with Gasteiger partial charge in [0.15, 0.2) is 12.1 Å². The third-order valence-electron chi connectivity index (χ3n) is 8.53. The van der Waals surface area contributed by atoms with Crippen molar-refractivity contribution in [2.24, 2.45) is 0 Å². The first-order valence-corrected chi connectivity index (χ1v) is 20.1. The quantitative estimate of drug-likeness (QED) is 0.0305. The zero-order valence-corrected chi connectivity index (χ0v) is 33.5. The van der Waals surface area contributed by atoms with Crippen LogP contribution in [0.5, 0.6) is 0 Å². The molecule has 0 radical (unpaired) electrons. The topological polar surface area (TPSA) is 99.1 Å². The van der Waals surface area contributed by atoms with Crippen LogP contribution in [0, 0.1) is 0 Å². The molecule has 0 saturated carbocycles. The number of allylic oxidation sites excluding steroid dienone is 12. The number of likely N-dealkylation sites (N-methyl/N-ethyl adjacent to an activating group) is 1. The molecular weight excluding hydrogens is 654 g/mol. The van der Waals surface area contributed by atoms with E-state index in [0.29, 0.717) is 19.3 Å². The van der Waals surface area contributed by atoms with Crippen LogP contribution in [0.3, 0.4) is 0 Å². The third-order valence-corrected chi connectivity index (χ3v) is 8.53. The Morgan fingerprint density at radius 1 is 0.596 bits per heavy atom. The molecule has 0 saturated heterocycles. The highest BCUT2D eigenvalue weighted by molar-refractivity contribution is 5.72. The second-order valence-corrected chi connectivity index (χ2v) is 14.3. The first-order valence-electron chi connectivity index (χ1n) is 20.1. The van der Waals surface area contributed by atoms with Crippen LogP contribution in [-0.2, 0) is 28.6 Å². The Labute approximate surface area is 317 Å². The lowest BCUT2D eigenvalue weighted by Crippen LogP contribution is -2.50. The Kier molecular flexibility index (Phi) is 32.7. The van der Waals surface area contributed by atoms with Crippen LogP contribution >= 0.6 is 0 Å². The van der Waals surface area contributed by atoms with Gasteiger partial charge in [-0.25, -0.2) is 4.79 Å². The summed E-state index contributed by atoms with van der Waals surface area (Å²) in [6, 6.07) is -0.625. The molecule has 0 aliphatic rings. The summed E-state index contributed by atoms with van der Waals surface area (Å²) in [5, 5.41) is 9.59. The number of carbonyl (C=O) groups is 3. The Hall–Kier alpha value is -3.23. The molecule has 8 nitrogen and oxygen atoms in total. The fourth-order valence-electron chi connectivity index (χ4n) is 5.42. The standard InChI is InChI=1S/C44H73NO7/c1-6-8-10-12-14-16-18-19-20-21-22-23-25-27-29-31-33-35-43(47)52-40(38-50-37-36-41(44(48)49)45(3,4)5)39-51-42(46)34-32-30-28-26-24-17-15-13-11-9-7-2/h8,10,12,14,16,18-23,25,40-41H,6-7,9,11,13,15,17,24,26-39H2,1-5H3/p+1/b10-8+,14-12+,18-16+,20-19+,22-21+,25-23+. The van der Waals surface area contributed by atoms with Gasteiger partial charge in [0.1, 0.15) is 6.61 Å². The fourth-order valence-corrected chi connectivity index (χ4v) is 5.42. The smallest absolute Gasteiger partial charge is 0.362 e. The van der Waals surface area contributed by atoms with Crippen LogP contribution in [0.1, 0.15) is 136 Å². The number of hydrogen-bond acceptors (Lipinski definition) is 6. The lowest BCUT2D eigenvalue weighted by atomic mass is 10.1. The van der Waals surface area contributed by atoms with Gasteiger partial charge >= 0.3 is 17.9 Å². The lowest BCUT2D eigenvalue weighted by molar-refractivity contribution is -0.887. The van der Waals surface area contributed by atoms with Gasteiger partial charge in [-0.15, -0.1) is 0 Å². The maximum absolute atomic E-state index is 12.7. The van der Waals surface area contributed by atoms with Gasteiger partial charge in [0.25, 0.3) is 0 Å². The predicted molar refractivity (Wildman–Crippen MR) is 215 cm³/mol. The van der Waals surface area contributed by atoms with Crippen molar-refractivity contribution in [1.29, 1.82) is 0 Å². The van der Waals surface area contributed by atoms with Crippen molar-refractivity contribution >= 4 is 17.9 Å². The highest BCUT2D eigenvalue weighted by atomic mass is 16.6. The van der Waals surface area contributed by atoms with Gasteiger partial charge in [-0.2, -0.15) is 0 Å². The number of carboxylic acid groups (broad SMARTS) is 1. The van der Waals surface area contributed by atoms with Crippen LogP contribution < -0.4 is 0 Å². The molecule has 2 atom stereocenters. The number of ether oxygens (including phenoxy) is 3. The van der Waals surface area contributed by atoms with E-state index in [0.717, 1.165) is 44.9 Å². The number of carboxylic acids is 1. The van der Waals surface area contributed by atoms with Gasteiger partial charge in [-0.1, -0.05) is 157 Å². The summed E-state index contributed by atoms with van der Waals surface area (Å²) in [7, 11) is 5.49. The predicted octanol–water partition coefficient (Wildman–Crippen LogP) is 10.4. The van der Waals surface area contributed by atoms with Crippen molar-refractivity contribution in [1.82, 2.24) is 0 Å². The summed E-state index contributed by atoms with van der Waals surface area (Å²) >= 11 is 0. The zero-order chi connectivity index (χ0) is 38.5. The van der Waals surface area contributed by atoms with Crippen molar-refractivity contribution in [3.8, 4) is 0 Å². The zero-order valence-electron chi connectivity index (χ0n) is 33.5. The Bertz CT molecular complexity index is 1080. The second-order valence-electron chi connectivity index (χ2n) is 14.3. The van der Waals surface area contributed by atoms with E-state index in [1.807, 2.05) is 81.9 Å². The molecule has 0 fully saturated rings. The summed E-state index contributed by atoms with van der Waals surface area (Å²) in [6.07, 6.45) is 42.3. The number of esters is 2. The van der Waals surface area contributed by atoms with Gasteiger partial charge in [-0.3, -0.25) is 9.59 Å². The molecule has 8 heteroatoms. The van der Waals surface area contributed by atoms with Crippen LogP contribution in [0.4, 0.5) is 0 Å². The number of carbonyl (C=O) groups excluding carboxylic acids is 2. The van der Waals surface area contributed by atoms with Gasteiger partial charge in [0, 0.05) is 19.3 Å². The molecule has 0 amide bonds. The monoisotopic (exact) mass is 729 g/mol. The van der Waals surface area contributed by atoms with E-state index in [2.05, 4.69) is 26.0 Å². The number of rotatable bonds is 34. The molecule has 0 spiro atoms. The van der Waals surface area contributed by atoms with Crippen molar-refractivity contribution in [3.63, 3.8) is 0 Å². The maximum atomic E-state index is 12.7. The first kappa shape index (κ1) is 48.8. The van der Waals surface area contributed by atoms with Crippen molar-refractivity contribution < 1.29 is 38.2 Å².